The summed E-state index contributed by atoms with van der Waals surface area (Å²) in [6.45, 7) is 4.79. The van der Waals surface area contributed by atoms with E-state index in [-0.39, 0.29) is 43.4 Å². The van der Waals surface area contributed by atoms with Crippen LogP contribution in [-0.2, 0) is 30.4 Å². The number of phenolic OH excluding ortho intramolecular Hbond substituents is 1. The molecule has 15 heteroatoms. The highest BCUT2D eigenvalue weighted by Crippen LogP contribution is 2.11. The summed E-state index contributed by atoms with van der Waals surface area (Å²) in [7, 11) is 0. The smallest absolute Gasteiger partial charge is 0.326 e. The summed E-state index contributed by atoms with van der Waals surface area (Å²) >= 11 is 0. The van der Waals surface area contributed by atoms with E-state index in [4.69, 9.17) is 17.2 Å². The van der Waals surface area contributed by atoms with Crippen molar-refractivity contribution in [1.82, 2.24) is 21.3 Å². The summed E-state index contributed by atoms with van der Waals surface area (Å²) in [6, 6.07) is 1.97. The van der Waals surface area contributed by atoms with Gasteiger partial charge < -0.3 is 48.7 Å². The fourth-order valence-electron chi connectivity index (χ4n) is 3.67. The van der Waals surface area contributed by atoms with E-state index in [2.05, 4.69) is 26.3 Å². The van der Waals surface area contributed by atoms with Gasteiger partial charge in [-0.15, -0.1) is 0 Å². The Balaban J connectivity index is 2.62. The number of rotatable bonds is 17. The van der Waals surface area contributed by atoms with Crippen molar-refractivity contribution in [2.24, 2.45) is 28.1 Å². The highest BCUT2D eigenvalue weighted by atomic mass is 16.4. The number of aliphatic carboxylic acids is 1. The third-order valence-corrected chi connectivity index (χ3v) is 5.82. The van der Waals surface area contributed by atoms with Crippen molar-refractivity contribution < 1.29 is 34.2 Å². The molecule has 41 heavy (non-hydrogen) atoms. The second kappa shape index (κ2) is 17.3. The number of benzene rings is 1. The monoisotopic (exact) mass is 578 g/mol. The fraction of sp³-hybridized carbons (Fsp3) is 0.538. The van der Waals surface area contributed by atoms with Gasteiger partial charge in [-0.3, -0.25) is 24.2 Å². The van der Waals surface area contributed by atoms with E-state index in [1.165, 1.54) is 19.1 Å². The van der Waals surface area contributed by atoms with Gasteiger partial charge in [0.25, 0.3) is 0 Å². The first kappa shape index (κ1) is 34.6. The van der Waals surface area contributed by atoms with E-state index < -0.39 is 60.3 Å². The van der Waals surface area contributed by atoms with Crippen LogP contribution >= 0.6 is 0 Å². The fourth-order valence-corrected chi connectivity index (χ4v) is 3.67. The number of nitrogens with zero attached hydrogens (tertiary/aromatic N) is 1. The van der Waals surface area contributed by atoms with Crippen LogP contribution in [0.3, 0.4) is 0 Å². The number of phenols is 1. The van der Waals surface area contributed by atoms with E-state index in [1.54, 1.807) is 12.1 Å². The quantitative estimate of drug-likeness (QED) is 0.0559. The van der Waals surface area contributed by atoms with E-state index >= 15 is 0 Å². The van der Waals surface area contributed by atoms with Crippen molar-refractivity contribution in [2.45, 2.75) is 70.6 Å². The summed E-state index contributed by atoms with van der Waals surface area (Å²) in [6.07, 6.45) is 0.773. The molecule has 1 rings (SSSR count). The average Bonchev–Trinajstić information content (AvgIpc) is 2.89. The number of amides is 4. The number of nitrogens with one attached hydrogen (secondary N) is 4. The molecule has 0 aliphatic carbocycles. The molecular formula is C26H42N8O7. The van der Waals surface area contributed by atoms with Crippen LogP contribution in [0.15, 0.2) is 29.3 Å². The third-order valence-electron chi connectivity index (χ3n) is 5.82. The molecule has 228 valence electrons. The van der Waals surface area contributed by atoms with Crippen molar-refractivity contribution in [3.8, 4) is 5.75 Å². The Bertz CT molecular complexity index is 1070. The third kappa shape index (κ3) is 14.0. The molecule has 4 amide bonds. The van der Waals surface area contributed by atoms with Crippen LogP contribution < -0.4 is 38.5 Å². The Labute approximate surface area is 238 Å². The molecule has 0 heterocycles. The van der Waals surface area contributed by atoms with E-state index in [1.807, 2.05) is 13.8 Å². The number of guanidine groups is 1. The first-order valence-corrected chi connectivity index (χ1v) is 13.2. The van der Waals surface area contributed by atoms with Crippen molar-refractivity contribution in [3.05, 3.63) is 29.8 Å². The van der Waals surface area contributed by atoms with Crippen LogP contribution in [-0.4, -0.2) is 83.0 Å². The van der Waals surface area contributed by atoms with Gasteiger partial charge >= 0.3 is 5.97 Å². The molecule has 15 nitrogen and oxygen atoms in total. The van der Waals surface area contributed by atoms with Crippen molar-refractivity contribution in [3.63, 3.8) is 0 Å². The van der Waals surface area contributed by atoms with E-state index in [9.17, 15) is 34.2 Å². The first-order valence-electron chi connectivity index (χ1n) is 13.2. The lowest BCUT2D eigenvalue weighted by Gasteiger charge is -2.23. The van der Waals surface area contributed by atoms with Gasteiger partial charge in [0.15, 0.2) is 5.96 Å². The summed E-state index contributed by atoms with van der Waals surface area (Å²) in [5, 5.41) is 28.6. The largest absolute Gasteiger partial charge is 0.508 e. The Hall–Kier alpha value is -4.40. The highest BCUT2D eigenvalue weighted by molar-refractivity contribution is 5.93. The van der Waals surface area contributed by atoms with Crippen molar-refractivity contribution >= 4 is 35.6 Å². The molecule has 0 saturated carbocycles. The van der Waals surface area contributed by atoms with Gasteiger partial charge in [0.05, 0.1) is 12.6 Å². The lowest BCUT2D eigenvalue weighted by atomic mass is 10.0. The highest BCUT2D eigenvalue weighted by Gasteiger charge is 2.27. The summed E-state index contributed by atoms with van der Waals surface area (Å²) in [4.78, 5) is 65.6. The molecule has 0 spiro atoms. The molecule has 0 aliphatic rings. The normalized spacial score (nSPS) is 13.7. The minimum absolute atomic E-state index is 0.0215. The Morgan fingerprint density at radius 3 is 2.10 bits per heavy atom. The SMILES string of the molecule is CC(C)C[C@H](NC(=O)CNC(=O)[C@H](C)NC(=O)[C@@H](N)Cc1ccc(O)cc1)C(=O)N[C@@H](CCCN=C(N)N)C(=O)O. The number of hydrogen-bond donors (Lipinski definition) is 9. The first-order chi connectivity index (χ1) is 19.2. The standard InChI is InChI=1S/C26H42N8O7/c1-14(2)11-20(24(39)34-19(25(40)41)5-4-10-30-26(28)29)33-21(36)13-31-22(37)15(3)32-23(38)18(27)12-16-6-8-17(35)9-7-16/h6-9,14-15,18-20,35H,4-5,10-13,27H2,1-3H3,(H,31,37)(H,32,38)(H,33,36)(H,34,39)(H,40,41)(H4,28,29,30)/t15-,18-,19-,20-/m0/s1. The Morgan fingerprint density at radius 1 is 0.902 bits per heavy atom. The zero-order chi connectivity index (χ0) is 31.1. The van der Waals surface area contributed by atoms with E-state index in [0.29, 0.717) is 6.42 Å². The molecule has 0 unspecified atom stereocenters. The number of carbonyl (C=O) groups excluding carboxylic acids is 4. The van der Waals surface area contributed by atoms with Crippen LogP contribution in [0.5, 0.6) is 5.75 Å². The molecule has 0 fully saturated rings. The zero-order valence-electron chi connectivity index (χ0n) is 23.6. The number of aromatic hydroxyl groups is 1. The molecule has 1 aromatic rings. The Kier molecular flexibility index (Phi) is 14.6. The topological polar surface area (TPSA) is 264 Å². The molecule has 4 atom stereocenters. The lowest BCUT2D eigenvalue weighted by molar-refractivity contribution is -0.142. The molecule has 0 bridgehead atoms. The molecule has 1 aromatic carbocycles. The number of aliphatic imine (C=N–C) groups is 1. The lowest BCUT2D eigenvalue weighted by Crippen LogP contribution is -2.55. The van der Waals surface area contributed by atoms with Crippen LogP contribution in [0.2, 0.25) is 0 Å². The van der Waals surface area contributed by atoms with Gasteiger partial charge in [-0.2, -0.15) is 0 Å². The Morgan fingerprint density at radius 2 is 1.54 bits per heavy atom. The van der Waals surface area contributed by atoms with Gasteiger partial charge in [-0.25, -0.2) is 4.79 Å². The van der Waals surface area contributed by atoms with Gasteiger partial charge in [-0.1, -0.05) is 26.0 Å². The number of carboxylic acid groups (broad SMARTS) is 1. The minimum Gasteiger partial charge on any atom is -0.508 e. The van der Waals surface area contributed by atoms with Crippen LogP contribution in [0.4, 0.5) is 0 Å². The maximum atomic E-state index is 12.8. The zero-order valence-corrected chi connectivity index (χ0v) is 23.6. The molecular weight excluding hydrogens is 536 g/mol. The second-order valence-corrected chi connectivity index (χ2v) is 10.0. The summed E-state index contributed by atoms with van der Waals surface area (Å²) in [5.41, 5.74) is 17.1. The molecule has 12 N–H and O–H groups in total. The van der Waals surface area contributed by atoms with Gasteiger partial charge in [0.2, 0.25) is 23.6 Å². The number of carboxylic acids is 1. The van der Waals surface area contributed by atoms with Crippen molar-refractivity contribution in [2.75, 3.05) is 13.1 Å². The maximum absolute atomic E-state index is 12.8. The molecule has 0 saturated heterocycles. The molecule has 0 aromatic heterocycles. The van der Waals surface area contributed by atoms with Crippen LogP contribution in [0.1, 0.15) is 45.6 Å². The maximum Gasteiger partial charge on any atom is 0.326 e. The van der Waals surface area contributed by atoms with Gasteiger partial charge in [0, 0.05) is 6.54 Å². The van der Waals surface area contributed by atoms with Crippen LogP contribution in [0, 0.1) is 5.92 Å². The summed E-state index contributed by atoms with van der Waals surface area (Å²) in [5.74, 6) is -3.91. The predicted molar refractivity (Wildman–Crippen MR) is 151 cm³/mol. The van der Waals surface area contributed by atoms with Gasteiger partial charge in [0.1, 0.15) is 23.9 Å². The molecule has 0 radical (unpaired) electrons. The number of hydrogen-bond acceptors (Lipinski definition) is 8. The molecule has 0 aliphatic heterocycles. The predicted octanol–water partition coefficient (Wildman–Crippen LogP) is -1.96. The second-order valence-electron chi connectivity index (χ2n) is 10.0. The van der Waals surface area contributed by atoms with Gasteiger partial charge in [-0.05, 0) is 56.2 Å². The summed E-state index contributed by atoms with van der Waals surface area (Å²) < 4.78 is 0. The minimum atomic E-state index is -1.25. The van der Waals surface area contributed by atoms with Crippen molar-refractivity contribution in [1.29, 1.82) is 0 Å². The average molecular weight is 579 g/mol. The van der Waals surface area contributed by atoms with E-state index in [0.717, 1.165) is 5.56 Å². The number of nitrogens with two attached hydrogens (primary N) is 3. The van der Waals surface area contributed by atoms with Crippen LogP contribution in [0.25, 0.3) is 0 Å². The number of carbonyl (C=O) groups is 5.